The van der Waals surface area contributed by atoms with Gasteiger partial charge < -0.3 is 5.11 Å². The third-order valence-corrected chi connectivity index (χ3v) is 2.70. The van der Waals surface area contributed by atoms with Gasteiger partial charge in [0.1, 0.15) is 5.82 Å². The maximum atomic E-state index is 13.6. The van der Waals surface area contributed by atoms with Crippen LogP contribution in [0.3, 0.4) is 0 Å². The smallest absolute Gasteiger partial charge is 0.128 e. The van der Waals surface area contributed by atoms with Crippen molar-refractivity contribution in [2.45, 2.75) is 38.7 Å². The highest BCUT2D eigenvalue weighted by atomic mass is 35.5. The Morgan fingerprint density at radius 3 is 2.53 bits per heavy atom. The summed E-state index contributed by atoms with van der Waals surface area (Å²) in [5.41, 5.74) is 0.204. The number of hydrogen-bond donors (Lipinski definition) is 1. The molecule has 0 heterocycles. The highest BCUT2D eigenvalue weighted by Gasteiger charge is 2.25. The van der Waals surface area contributed by atoms with Crippen LogP contribution >= 0.6 is 11.6 Å². The molecule has 0 saturated carbocycles. The average molecular weight is 231 g/mol. The number of rotatable bonds is 3. The molecule has 1 rings (SSSR count). The molecule has 0 aliphatic heterocycles. The van der Waals surface area contributed by atoms with Gasteiger partial charge in [-0.3, -0.25) is 0 Å². The Kier molecular flexibility index (Phi) is 3.74. The minimum Gasteiger partial charge on any atom is -0.393 e. The maximum Gasteiger partial charge on any atom is 0.128 e. The molecule has 0 aliphatic carbocycles. The Morgan fingerprint density at radius 1 is 1.47 bits per heavy atom. The van der Waals surface area contributed by atoms with Crippen LogP contribution in [-0.4, -0.2) is 11.2 Å². The summed E-state index contributed by atoms with van der Waals surface area (Å²) in [5.74, 6) is -0.312. The molecule has 0 saturated heterocycles. The molecule has 0 spiro atoms. The van der Waals surface area contributed by atoms with Crippen molar-refractivity contribution in [3.05, 3.63) is 34.6 Å². The van der Waals surface area contributed by atoms with Crippen LogP contribution in [0, 0.1) is 5.82 Å². The van der Waals surface area contributed by atoms with Crippen LogP contribution in [0.2, 0.25) is 5.02 Å². The summed E-state index contributed by atoms with van der Waals surface area (Å²) < 4.78 is 13.6. The molecule has 15 heavy (non-hydrogen) atoms. The second kappa shape index (κ2) is 4.50. The molecule has 3 heteroatoms. The molecule has 0 fully saturated rings. The average Bonchev–Trinajstić information content (AvgIpc) is 1.99. The van der Waals surface area contributed by atoms with E-state index in [-0.39, 0.29) is 11.2 Å². The van der Waals surface area contributed by atoms with Crippen molar-refractivity contribution < 1.29 is 9.50 Å². The predicted octanol–water partition coefficient (Wildman–Crippen LogP) is 3.53. The zero-order chi connectivity index (χ0) is 11.6. The minimum atomic E-state index is -0.449. The third kappa shape index (κ3) is 3.18. The Labute approximate surface area is 94.9 Å². The number of hydrogen-bond acceptors (Lipinski definition) is 1. The van der Waals surface area contributed by atoms with Crippen molar-refractivity contribution in [2.24, 2.45) is 0 Å². The van der Waals surface area contributed by atoms with Crippen LogP contribution in [-0.2, 0) is 5.41 Å². The summed E-state index contributed by atoms with van der Waals surface area (Å²) in [5, 5.41) is 9.74. The van der Waals surface area contributed by atoms with Crippen LogP contribution in [0.25, 0.3) is 0 Å². The van der Waals surface area contributed by atoms with E-state index in [0.717, 1.165) is 0 Å². The molecule has 0 aliphatic rings. The minimum absolute atomic E-state index is 0.312. The van der Waals surface area contributed by atoms with Gasteiger partial charge in [-0.1, -0.05) is 31.5 Å². The topological polar surface area (TPSA) is 20.2 Å². The SMILES string of the molecule is CC(O)CC(C)(C)c1ccc(Cl)cc1F. The van der Waals surface area contributed by atoms with Gasteiger partial charge in [0.05, 0.1) is 6.10 Å². The summed E-state index contributed by atoms with van der Waals surface area (Å²) in [6.45, 7) is 5.52. The molecular weight excluding hydrogens is 215 g/mol. The van der Waals surface area contributed by atoms with E-state index in [9.17, 15) is 9.50 Å². The van der Waals surface area contributed by atoms with E-state index in [0.29, 0.717) is 17.0 Å². The van der Waals surface area contributed by atoms with E-state index >= 15 is 0 Å². The zero-order valence-electron chi connectivity index (χ0n) is 9.22. The number of aliphatic hydroxyl groups is 1. The van der Waals surface area contributed by atoms with E-state index in [4.69, 9.17) is 11.6 Å². The molecule has 1 N–H and O–H groups in total. The fraction of sp³-hybridized carbons (Fsp3) is 0.500. The first-order chi connectivity index (χ1) is 6.83. The molecule has 84 valence electrons. The largest absolute Gasteiger partial charge is 0.393 e. The van der Waals surface area contributed by atoms with E-state index in [1.807, 2.05) is 13.8 Å². The van der Waals surface area contributed by atoms with Crippen molar-refractivity contribution in [3.8, 4) is 0 Å². The molecule has 1 aromatic rings. The van der Waals surface area contributed by atoms with Gasteiger partial charge in [-0.2, -0.15) is 0 Å². The summed E-state index contributed by atoms with van der Waals surface area (Å²) in [6.07, 6.45) is 0.0704. The van der Waals surface area contributed by atoms with Gasteiger partial charge in [0.2, 0.25) is 0 Å². The van der Waals surface area contributed by atoms with Crippen molar-refractivity contribution in [3.63, 3.8) is 0 Å². The van der Waals surface area contributed by atoms with Gasteiger partial charge in [0, 0.05) is 5.02 Å². The van der Waals surface area contributed by atoms with Gasteiger partial charge >= 0.3 is 0 Å². The normalized spacial score (nSPS) is 14.0. The lowest BCUT2D eigenvalue weighted by atomic mass is 9.80. The quantitative estimate of drug-likeness (QED) is 0.842. The maximum absolute atomic E-state index is 13.6. The Bertz CT molecular complexity index is 347. The lowest BCUT2D eigenvalue weighted by Crippen LogP contribution is -2.24. The number of halogens is 2. The van der Waals surface area contributed by atoms with E-state index in [1.165, 1.54) is 6.07 Å². The Balaban J connectivity index is 3.04. The molecule has 1 atom stereocenters. The first-order valence-electron chi connectivity index (χ1n) is 4.96. The van der Waals surface area contributed by atoms with Crippen molar-refractivity contribution in [1.29, 1.82) is 0 Å². The summed E-state index contributed by atoms with van der Waals surface area (Å²) >= 11 is 5.68. The first-order valence-corrected chi connectivity index (χ1v) is 5.34. The predicted molar refractivity (Wildman–Crippen MR) is 60.7 cm³/mol. The van der Waals surface area contributed by atoms with Crippen molar-refractivity contribution in [2.75, 3.05) is 0 Å². The van der Waals surface area contributed by atoms with Crippen LogP contribution in [0.15, 0.2) is 18.2 Å². The molecule has 1 unspecified atom stereocenters. The van der Waals surface area contributed by atoms with Gasteiger partial charge in [-0.05, 0) is 36.5 Å². The van der Waals surface area contributed by atoms with Gasteiger partial charge in [0.15, 0.2) is 0 Å². The standard InChI is InChI=1S/C12H16ClFO/c1-8(15)7-12(2,3)10-5-4-9(13)6-11(10)14/h4-6,8,15H,7H2,1-3H3. The Morgan fingerprint density at radius 2 is 2.07 bits per heavy atom. The number of benzene rings is 1. The monoisotopic (exact) mass is 230 g/mol. The molecule has 1 nitrogen and oxygen atoms in total. The molecule has 0 amide bonds. The van der Waals surface area contributed by atoms with Gasteiger partial charge in [-0.25, -0.2) is 4.39 Å². The highest BCUT2D eigenvalue weighted by Crippen LogP contribution is 2.31. The lowest BCUT2D eigenvalue weighted by molar-refractivity contribution is 0.155. The second-order valence-corrected chi connectivity index (χ2v) is 5.00. The van der Waals surface area contributed by atoms with Crippen LogP contribution < -0.4 is 0 Å². The fourth-order valence-electron chi connectivity index (χ4n) is 1.89. The van der Waals surface area contributed by atoms with Crippen LogP contribution in [0.5, 0.6) is 0 Å². The van der Waals surface area contributed by atoms with Gasteiger partial charge in [0.25, 0.3) is 0 Å². The van der Waals surface area contributed by atoms with Crippen molar-refractivity contribution >= 4 is 11.6 Å². The van der Waals surface area contributed by atoms with Crippen LogP contribution in [0.1, 0.15) is 32.8 Å². The molecule has 0 aromatic heterocycles. The highest BCUT2D eigenvalue weighted by molar-refractivity contribution is 6.30. The lowest BCUT2D eigenvalue weighted by Gasteiger charge is -2.27. The van der Waals surface area contributed by atoms with Crippen molar-refractivity contribution in [1.82, 2.24) is 0 Å². The summed E-state index contributed by atoms with van der Waals surface area (Å²) in [7, 11) is 0. The summed E-state index contributed by atoms with van der Waals surface area (Å²) in [6, 6.07) is 4.66. The van der Waals surface area contributed by atoms with E-state index < -0.39 is 6.10 Å². The summed E-state index contributed by atoms with van der Waals surface area (Å²) in [4.78, 5) is 0. The molecular formula is C12H16ClFO. The molecule has 0 bridgehead atoms. The van der Waals surface area contributed by atoms with E-state index in [1.54, 1.807) is 19.1 Å². The second-order valence-electron chi connectivity index (χ2n) is 4.56. The fourth-order valence-corrected chi connectivity index (χ4v) is 2.05. The van der Waals surface area contributed by atoms with Crippen LogP contribution in [0.4, 0.5) is 4.39 Å². The first kappa shape index (κ1) is 12.5. The Hall–Kier alpha value is -0.600. The molecule has 1 aromatic carbocycles. The molecule has 0 radical (unpaired) electrons. The third-order valence-electron chi connectivity index (χ3n) is 2.47. The van der Waals surface area contributed by atoms with E-state index in [2.05, 4.69) is 0 Å². The zero-order valence-corrected chi connectivity index (χ0v) is 9.98. The number of aliphatic hydroxyl groups excluding tert-OH is 1. The van der Waals surface area contributed by atoms with Gasteiger partial charge in [-0.15, -0.1) is 0 Å².